The van der Waals surface area contributed by atoms with Gasteiger partial charge < -0.3 is 30.0 Å². The first-order chi connectivity index (χ1) is 21.1. The average Bonchev–Trinajstić information content (AvgIpc) is 3.45. The number of carboxylic acid groups (broad SMARTS) is 1. The molecule has 0 unspecified atom stereocenters. The Bertz CT molecular complexity index is 1570. The Morgan fingerprint density at radius 1 is 1.02 bits per heavy atom. The van der Waals surface area contributed by atoms with Crippen molar-refractivity contribution in [3.63, 3.8) is 0 Å². The molecule has 0 saturated heterocycles. The number of aromatic nitrogens is 1. The van der Waals surface area contributed by atoms with Gasteiger partial charge in [-0.05, 0) is 30.5 Å². The number of nitrogens with zero attached hydrogens (tertiary/aromatic N) is 1. The molecule has 0 bridgehead atoms. The summed E-state index contributed by atoms with van der Waals surface area (Å²) in [5, 5.41) is 15.4. The number of nitrogens with one attached hydrogen (secondary N) is 2. The van der Waals surface area contributed by atoms with E-state index >= 15 is 0 Å². The number of carbonyl (C=O) groups excluding carboxylic acids is 3. The van der Waals surface area contributed by atoms with Crippen LogP contribution in [0, 0.1) is 11.8 Å². The number of rotatable bonds is 12. The van der Waals surface area contributed by atoms with Gasteiger partial charge in [0.05, 0.1) is 31.3 Å². The van der Waals surface area contributed by atoms with E-state index in [2.05, 4.69) is 10.6 Å². The Morgan fingerprint density at radius 3 is 2.36 bits per heavy atom. The second-order valence-corrected chi connectivity index (χ2v) is 10.8. The molecule has 44 heavy (non-hydrogen) atoms. The second kappa shape index (κ2) is 14.0. The fourth-order valence-corrected chi connectivity index (χ4v) is 5.09. The summed E-state index contributed by atoms with van der Waals surface area (Å²) in [6.45, 7) is 5.15. The van der Waals surface area contributed by atoms with E-state index < -0.39 is 47.9 Å². The maximum Gasteiger partial charge on any atom is 0.328 e. The minimum absolute atomic E-state index is 0.0653. The molecule has 3 aromatic rings. The van der Waals surface area contributed by atoms with Crippen molar-refractivity contribution < 1.29 is 38.5 Å². The summed E-state index contributed by atoms with van der Waals surface area (Å²) in [5.41, 5.74) is 2.22. The van der Waals surface area contributed by atoms with Gasteiger partial charge in [-0.25, -0.2) is 14.6 Å². The van der Waals surface area contributed by atoms with E-state index in [4.69, 9.17) is 19.2 Å². The lowest BCUT2D eigenvalue weighted by Gasteiger charge is -2.22. The fourth-order valence-electron chi connectivity index (χ4n) is 5.09. The van der Waals surface area contributed by atoms with Crippen molar-refractivity contribution in [2.75, 3.05) is 14.2 Å². The molecule has 4 rings (SSSR count). The number of fused-ring (bicyclic) bond motifs is 1. The van der Waals surface area contributed by atoms with Crippen LogP contribution >= 0.6 is 0 Å². The normalized spacial score (nSPS) is 17.4. The highest BCUT2D eigenvalue weighted by Gasteiger charge is 2.39. The third-order valence-electron chi connectivity index (χ3n) is 7.55. The number of aliphatic carboxylic acids is 1. The Morgan fingerprint density at radius 2 is 1.75 bits per heavy atom. The van der Waals surface area contributed by atoms with Gasteiger partial charge in [-0.15, -0.1) is 0 Å². The number of amides is 2. The fraction of sp³-hybridized carbons (Fsp3) is 0.364. The maximum absolute atomic E-state index is 13.5. The van der Waals surface area contributed by atoms with Gasteiger partial charge in [0.2, 0.25) is 11.8 Å². The first-order valence-electron chi connectivity index (χ1n) is 14.4. The van der Waals surface area contributed by atoms with Crippen molar-refractivity contribution >= 4 is 34.7 Å². The number of pyridine rings is 1. The standard InChI is InChI=1S/C33H37N3O8/c1-6-25(32(39)40)35-30(37)23-14-21(15-24(23)31(38)36-29(18(2)3)33(41)43-5)44-28-17-26(19-10-8-7-9-11-19)34-27-16-20(42-4)12-13-22(27)28/h7-13,15-18,21,23,25,29H,6,14H2,1-5H3,(H,35,37)(H,36,38)(H,39,40)/t21-,23-,25+,29+/m1/s1. The van der Waals surface area contributed by atoms with Crippen LogP contribution in [0.5, 0.6) is 11.5 Å². The minimum Gasteiger partial charge on any atom is -0.497 e. The van der Waals surface area contributed by atoms with Gasteiger partial charge in [0, 0.05) is 35.1 Å². The van der Waals surface area contributed by atoms with Crippen LogP contribution in [0.3, 0.4) is 0 Å². The van der Waals surface area contributed by atoms with Gasteiger partial charge in [-0.1, -0.05) is 51.1 Å². The zero-order chi connectivity index (χ0) is 32.0. The van der Waals surface area contributed by atoms with Gasteiger partial charge in [-0.2, -0.15) is 0 Å². The average molecular weight is 604 g/mol. The molecule has 11 nitrogen and oxygen atoms in total. The van der Waals surface area contributed by atoms with Crippen molar-refractivity contribution in [2.24, 2.45) is 11.8 Å². The summed E-state index contributed by atoms with van der Waals surface area (Å²) in [6.07, 6.45) is 1.04. The third-order valence-corrected chi connectivity index (χ3v) is 7.55. The Labute approximate surface area is 255 Å². The van der Waals surface area contributed by atoms with Crippen LogP contribution in [0.2, 0.25) is 0 Å². The summed E-state index contributed by atoms with van der Waals surface area (Å²) in [7, 11) is 2.80. The lowest BCUT2D eigenvalue weighted by atomic mass is 9.97. The topological polar surface area (TPSA) is 153 Å². The number of hydrogen-bond donors (Lipinski definition) is 3. The van der Waals surface area contributed by atoms with Crippen LogP contribution in [0.4, 0.5) is 0 Å². The summed E-state index contributed by atoms with van der Waals surface area (Å²) < 4.78 is 16.7. The lowest BCUT2D eigenvalue weighted by Crippen LogP contribution is -2.48. The number of methoxy groups -OCH3 is 2. The summed E-state index contributed by atoms with van der Waals surface area (Å²) in [4.78, 5) is 55.8. The van der Waals surface area contributed by atoms with Crippen molar-refractivity contribution in [1.82, 2.24) is 15.6 Å². The molecule has 0 saturated carbocycles. The quantitative estimate of drug-likeness (QED) is 0.262. The van der Waals surface area contributed by atoms with Gasteiger partial charge in [0.25, 0.3) is 0 Å². The van der Waals surface area contributed by atoms with E-state index in [1.54, 1.807) is 52.2 Å². The van der Waals surface area contributed by atoms with Crippen molar-refractivity contribution in [3.8, 4) is 22.8 Å². The number of carboxylic acids is 1. The molecule has 11 heteroatoms. The molecule has 2 amide bonds. The van der Waals surface area contributed by atoms with Gasteiger partial charge in [0.1, 0.15) is 29.7 Å². The van der Waals surface area contributed by atoms with Crippen molar-refractivity contribution in [2.45, 2.75) is 51.8 Å². The monoisotopic (exact) mass is 603 g/mol. The number of benzene rings is 2. The van der Waals surface area contributed by atoms with Crippen LogP contribution in [0.1, 0.15) is 33.6 Å². The van der Waals surface area contributed by atoms with Crippen molar-refractivity contribution in [1.29, 1.82) is 0 Å². The zero-order valence-corrected chi connectivity index (χ0v) is 25.3. The van der Waals surface area contributed by atoms with Crippen LogP contribution < -0.4 is 20.1 Å². The Balaban J connectivity index is 1.72. The molecule has 1 aliphatic rings. The molecule has 232 valence electrons. The summed E-state index contributed by atoms with van der Waals surface area (Å²) >= 11 is 0. The highest BCUT2D eigenvalue weighted by molar-refractivity contribution is 6.03. The molecule has 0 aliphatic heterocycles. The van der Waals surface area contributed by atoms with Crippen LogP contribution in [-0.2, 0) is 23.9 Å². The molecular weight excluding hydrogens is 566 g/mol. The van der Waals surface area contributed by atoms with Crippen LogP contribution in [0.25, 0.3) is 22.2 Å². The van der Waals surface area contributed by atoms with E-state index in [9.17, 15) is 24.3 Å². The summed E-state index contributed by atoms with van der Waals surface area (Å²) in [6, 6.07) is 14.7. The van der Waals surface area contributed by atoms with E-state index in [1.165, 1.54) is 7.11 Å². The van der Waals surface area contributed by atoms with E-state index in [0.717, 1.165) is 5.56 Å². The SMILES string of the molecule is CC[C@H](NC(=O)[C@@H]1C[C@@H](Oc2cc(-c3ccccc3)nc3cc(OC)ccc23)C=C1C(=O)N[C@H](C(=O)OC)C(C)C)C(=O)O. The number of esters is 1. The third kappa shape index (κ3) is 7.16. The number of hydrogen-bond acceptors (Lipinski definition) is 8. The molecular formula is C33H37N3O8. The number of carbonyl (C=O) groups is 4. The molecule has 4 atom stereocenters. The van der Waals surface area contributed by atoms with Crippen molar-refractivity contribution in [3.05, 3.63) is 66.2 Å². The van der Waals surface area contributed by atoms with E-state index in [-0.39, 0.29) is 24.3 Å². The molecule has 0 spiro atoms. The van der Waals surface area contributed by atoms with Gasteiger partial charge >= 0.3 is 11.9 Å². The summed E-state index contributed by atoms with van der Waals surface area (Å²) in [5.74, 6) is -3.29. The predicted octanol–water partition coefficient (Wildman–Crippen LogP) is 3.90. The first-order valence-corrected chi connectivity index (χ1v) is 14.4. The predicted molar refractivity (Wildman–Crippen MR) is 163 cm³/mol. The first kappa shape index (κ1) is 32.0. The Hall–Kier alpha value is -4.93. The van der Waals surface area contributed by atoms with Crippen LogP contribution in [-0.4, -0.2) is 66.3 Å². The van der Waals surface area contributed by atoms with Crippen LogP contribution in [0.15, 0.2) is 66.2 Å². The van der Waals surface area contributed by atoms with Gasteiger partial charge in [-0.3, -0.25) is 9.59 Å². The van der Waals surface area contributed by atoms with Gasteiger partial charge in [0.15, 0.2) is 0 Å². The smallest absolute Gasteiger partial charge is 0.328 e. The molecule has 1 aromatic heterocycles. The second-order valence-electron chi connectivity index (χ2n) is 10.8. The molecule has 1 aliphatic carbocycles. The molecule has 3 N–H and O–H groups in total. The lowest BCUT2D eigenvalue weighted by molar-refractivity contribution is -0.146. The minimum atomic E-state index is -1.18. The highest BCUT2D eigenvalue weighted by Crippen LogP contribution is 2.36. The van der Waals surface area contributed by atoms with E-state index in [1.807, 2.05) is 36.4 Å². The number of ether oxygens (including phenoxy) is 3. The zero-order valence-electron chi connectivity index (χ0n) is 25.3. The molecule has 2 aromatic carbocycles. The Kier molecular flexibility index (Phi) is 10.2. The largest absolute Gasteiger partial charge is 0.497 e. The van der Waals surface area contributed by atoms with E-state index in [0.29, 0.717) is 28.1 Å². The molecule has 0 radical (unpaired) electrons. The highest BCUT2D eigenvalue weighted by atomic mass is 16.5. The maximum atomic E-state index is 13.5. The molecule has 1 heterocycles. The molecule has 0 fully saturated rings.